The van der Waals surface area contributed by atoms with E-state index in [1.165, 1.54) is 25.7 Å². The monoisotopic (exact) mass is 264 g/mol. The van der Waals surface area contributed by atoms with E-state index in [2.05, 4.69) is 5.32 Å². The summed E-state index contributed by atoms with van der Waals surface area (Å²) in [4.78, 5) is 1.61. The standard InChI is InChI=1S/C13H23F3N2/c14-13(15,16)10-18(12-6-7-12)9-3-8-17-11-4-1-2-5-11/h11-12,17H,1-10H2. The van der Waals surface area contributed by atoms with Crippen LogP contribution in [0, 0.1) is 0 Å². The topological polar surface area (TPSA) is 15.3 Å². The average Bonchev–Trinajstić information content (AvgIpc) is 2.99. The predicted molar refractivity (Wildman–Crippen MR) is 65.5 cm³/mol. The molecular formula is C13H23F3N2. The van der Waals surface area contributed by atoms with Crippen LogP contribution in [0.1, 0.15) is 44.9 Å². The summed E-state index contributed by atoms with van der Waals surface area (Å²) in [6.45, 7) is 0.691. The lowest BCUT2D eigenvalue weighted by Crippen LogP contribution is -2.38. The lowest BCUT2D eigenvalue weighted by Gasteiger charge is -2.23. The van der Waals surface area contributed by atoms with Crippen LogP contribution in [0.2, 0.25) is 0 Å². The van der Waals surface area contributed by atoms with E-state index in [9.17, 15) is 13.2 Å². The molecule has 0 radical (unpaired) electrons. The molecule has 0 aromatic carbocycles. The molecule has 0 spiro atoms. The molecule has 0 aliphatic heterocycles. The Morgan fingerprint density at radius 3 is 2.28 bits per heavy atom. The minimum Gasteiger partial charge on any atom is -0.314 e. The van der Waals surface area contributed by atoms with E-state index in [4.69, 9.17) is 0 Å². The molecule has 0 heterocycles. The van der Waals surface area contributed by atoms with E-state index < -0.39 is 12.7 Å². The van der Waals surface area contributed by atoms with Crippen LogP contribution in [-0.2, 0) is 0 Å². The molecule has 2 fully saturated rings. The molecule has 18 heavy (non-hydrogen) atoms. The van der Waals surface area contributed by atoms with Gasteiger partial charge in [-0.2, -0.15) is 13.2 Å². The number of hydrogen-bond acceptors (Lipinski definition) is 2. The highest BCUT2D eigenvalue weighted by atomic mass is 19.4. The van der Waals surface area contributed by atoms with Crippen LogP contribution in [0.5, 0.6) is 0 Å². The predicted octanol–water partition coefficient (Wildman–Crippen LogP) is 2.94. The van der Waals surface area contributed by atoms with Crippen molar-refractivity contribution in [1.82, 2.24) is 10.2 Å². The summed E-state index contributed by atoms with van der Waals surface area (Å²) >= 11 is 0. The fourth-order valence-corrected chi connectivity index (χ4v) is 2.78. The molecule has 0 atom stereocenters. The van der Waals surface area contributed by atoms with Crippen molar-refractivity contribution in [3.63, 3.8) is 0 Å². The van der Waals surface area contributed by atoms with E-state index >= 15 is 0 Å². The largest absolute Gasteiger partial charge is 0.401 e. The molecule has 0 amide bonds. The maximum Gasteiger partial charge on any atom is 0.401 e. The van der Waals surface area contributed by atoms with Gasteiger partial charge in [0.05, 0.1) is 6.54 Å². The Morgan fingerprint density at radius 2 is 1.72 bits per heavy atom. The van der Waals surface area contributed by atoms with Gasteiger partial charge in [-0.1, -0.05) is 12.8 Å². The lowest BCUT2D eigenvalue weighted by atomic mass is 10.2. The third kappa shape index (κ3) is 5.14. The number of nitrogens with one attached hydrogen (secondary N) is 1. The summed E-state index contributed by atoms with van der Waals surface area (Å²) in [5.74, 6) is 0. The van der Waals surface area contributed by atoms with E-state index in [0.29, 0.717) is 12.6 Å². The van der Waals surface area contributed by atoms with Crippen LogP contribution in [0.3, 0.4) is 0 Å². The van der Waals surface area contributed by atoms with Gasteiger partial charge in [0.25, 0.3) is 0 Å². The van der Waals surface area contributed by atoms with Crippen molar-refractivity contribution in [3.8, 4) is 0 Å². The van der Waals surface area contributed by atoms with Crippen molar-refractivity contribution in [3.05, 3.63) is 0 Å². The molecule has 5 heteroatoms. The highest BCUT2D eigenvalue weighted by Gasteiger charge is 2.37. The second-order valence-corrected chi connectivity index (χ2v) is 5.61. The molecule has 0 saturated heterocycles. The van der Waals surface area contributed by atoms with Crippen LogP contribution in [-0.4, -0.2) is 42.8 Å². The Hall–Kier alpha value is -0.290. The Balaban J connectivity index is 1.60. The lowest BCUT2D eigenvalue weighted by molar-refractivity contribution is -0.147. The second kappa shape index (κ2) is 6.24. The highest BCUT2D eigenvalue weighted by molar-refractivity contribution is 4.85. The van der Waals surface area contributed by atoms with Crippen LogP contribution >= 0.6 is 0 Å². The number of halogens is 3. The average molecular weight is 264 g/mol. The van der Waals surface area contributed by atoms with Gasteiger partial charge >= 0.3 is 6.18 Å². The third-order valence-corrected chi connectivity index (χ3v) is 3.86. The summed E-state index contributed by atoms with van der Waals surface area (Å²) in [7, 11) is 0. The molecule has 2 nitrogen and oxygen atoms in total. The molecule has 2 rings (SSSR count). The van der Waals surface area contributed by atoms with Crippen molar-refractivity contribution in [2.75, 3.05) is 19.6 Å². The fourth-order valence-electron chi connectivity index (χ4n) is 2.78. The number of rotatable bonds is 7. The summed E-state index contributed by atoms with van der Waals surface area (Å²) in [5, 5.41) is 3.45. The van der Waals surface area contributed by atoms with Gasteiger partial charge in [-0.05, 0) is 45.2 Å². The molecule has 2 aliphatic carbocycles. The van der Waals surface area contributed by atoms with Gasteiger partial charge in [0.2, 0.25) is 0 Å². The Morgan fingerprint density at radius 1 is 1.06 bits per heavy atom. The first kappa shape index (κ1) is 14.1. The van der Waals surface area contributed by atoms with Crippen molar-refractivity contribution >= 4 is 0 Å². The second-order valence-electron chi connectivity index (χ2n) is 5.61. The van der Waals surface area contributed by atoms with Crippen molar-refractivity contribution in [2.24, 2.45) is 0 Å². The first-order valence-electron chi connectivity index (χ1n) is 7.09. The molecule has 2 aliphatic rings. The molecule has 2 saturated carbocycles. The van der Waals surface area contributed by atoms with Crippen molar-refractivity contribution in [1.29, 1.82) is 0 Å². The number of alkyl halides is 3. The molecule has 0 bridgehead atoms. The molecular weight excluding hydrogens is 241 g/mol. The van der Waals surface area contributed by atoms with Gasteiger partial charge in [0.1, 0.15) is 0 Å². The Labute approximate surface area is 107 Å². The van der Waals surface area contributed by atoms with Crippen LogP contribution in [0.15, 0.2) is 0 Å². The van der Waals surface area contributed by atoms with Gasteiger partial charge in [-0.25, -0.2) is 0 Å². The van der Waals surface area contributed by atoms with Crippen LogP contribution in [0.4, 0.5) is 13.2 Å². The smallest absolute Gasteiger partial charge is 0.314 e. The maximum atomic E-state index is 12.4. The number of nitrogens with zero attached hydrogens (tertiary/aromatic N) is 1. The minimum absolute atomic E-state index is 0.193. The quantitative estimate of drug-likeness (QED) is 0.711. The molecule has 0 unspecified atom stereocenters. The van der Waals surface area contributed by atoms with Crippen LogP contribution in [0.25, 0.3) is 0 Å². The highest BCUT2D eigenvalue weighted by Crippen LogP contribution is 2.30. The van der Waals surface area contributed by atoms with Crippen molar-refractivity contribution < 1.29 is 13.2 Å². The van der Waals surface area contributed by atoms with Gasteiger partial charge in [0.15, 0.2) is 0 Å². The van der Waals surface area contributed by atoms with Gasteiger partial charge in [-0.15, -0.1) is 0 Å². The van der Waals surface area contributed by atoms with E-state index in [1.807, 2.05) is 0 Å². The SMILES string of the molecule is FC(F)(F)CN(CCCNC1CCCC1)C1CC1. The Bertz CT molecular complexity index is 245. The fraction of sp³-hybridized carbons (Fsp3) is 1.00. The normalized spacial score (nSPS) is 22.0. The van der Waals surface area contributed by atoms with E-state index in [0.717, 1.165) is 25.8 Å². The first-order chi connectivity index (χ1) is 8.54. The van der Waals surface area contributed by atoms with E-state index in [1.54, 1.807) is 4.90 Å². The zero-order valence-electron chi connectivity index (χ0n) is 10.8. The van der Waals surface area contributed by atoms with Gasteiger partial charge in [-0.3, -0.25) is 4.90 Å². The molecule has 0 aromatic heterocycles. The third-order valence-electron chi connectivity index (χ3n) is 3.86. The molecule has 0 aromatic rings. The summed E-state index contributed by atoms with van der Waals surface area (Å²) < 4.78 is 37.2. The summed E-state index contributed by atoms with van der Waals surface area (Å²) in [6.07, 6.45) is 3.69. The number of hydrogen-bond donors (Lipinski definition) is 1. The van der Waals surface area contributed by atoms with Gasteiger partial charge in [0, 0.05) is 12.1 Å². The maximum absolute atomic E-state index is 12.4. The first-order valence-corrected chi connectivity index (χ1v) is 7.09. The van der Waals surface area contributed by atoms with Gasteiger partial charge < -0.3 is 5.32 Å². The zero-order valence-corrected chi connectivity index (χ0v) is 10.8. The van der Waals surface area contributed by atoms with Crippen LogP contribution < -0.4 is 5.32 Å². The summed E-state index contributed by atoms with van der Waals surface area (Å²) in [6, 6.07) is 0.806. The van der Waals surface area contributed by atoms with E-state index in [-0.39, 0.29) is 6.04 Å². The zero-order chi connectivity index (χ0) is 13.0. The summed E-state index contributed by atoms with van der Waals surface area (Å²) in [5.41, 5.74) is 0. The Kier molecular flexibility index (Phi) is 4.90. The minimum atomic E-state index is -4.05. The van der Waals surface area contributed by atoms with Crippen molar-refractivity contribution in [2.45, 2.75) is 63.2 Å². The molecule has 106 valence electrons. The molecule has 1 N–H and O–H groups in total.